The van der Waals surface area contributed by atoms with Gasteiger partial charge in [-0.25, -0.2) is 9.97 Å². The number of amides is 4. The summed E-state index contributed by atoms with van der Waals surface area (Å²) < 4.78 is 13.0. The topological polar surface area (TPSA) is 282 Å². The van der Waals surface area contributed by atoms with Gasteiger partial charge in [0.05, 0.1) is 34.2 Å². The van der Waals surface area contributed by atoms with Crippen LogP contribution in [0.3, 0.4) is 0 Å². The van der Waals surface area contributed by atoms with E-state index in [0.717, 1.165) is 24.9 Å². The number of nitrogens with zero attached hydrogens (tertiary/aromatic N) is 11. The lowest BCUT2D eigenvalue weighted by molar-refractivity contribution is -0.118. The molecule has 8 aromatic rings. The largest absolute Gasteiger partial charge is 0.372 e. The van der Waals surface area contributed by atoms with Gasteiger partial charge in [-0.2, -0.15) is 0 Å². The number of carbonyl (C=O) groups excluding carboxylic acids is 9. The first-order chi connectivity index (χ1) is 40.8. The number of imidazole rings is 2. The molecule has 0 unspecified atom stereocenters. The Morgan fingerprint density at radius 2 is 0.814 bits per heavy atom. The number of aryl methyl sites for hydroxylation is 8. The molecular formula is C61H74N16O9. The summed E-state index contributed by atoms with van der Waals surface area (Å²) >= 11 is 0. The van der Waals surface area contributed by atoms with Crippen LogP contribution < -0.4 is 26.6 Å². The van der Waals surface area contributed by atoms with Crippen molar-refractivity contribution in [3.8, 4) is 0 Å². The Morgan fingerprint density at radius 1 is 0.407 bits per heavy atom. The Bertz CT molecular complexity index is 3920. The molecule has 8 aromatic heterocycles. The van der Waals surface area contributed by atoms with Crippen LogP contribution in [0.2, 0.25) is 0 Å². The van der Waals surface area contributed by atoms with Crippen molar-refractivity contribution in [2.75, 3.05) is 55.5 Å². The lowest BCUT2D eigenvalue weighted by Crippen LogP contribution is -2.26. The van der Waals surface area contributed by atoms with Crippen molar-refractivity contribution in [1.29, 1.82) is 0 Å². The van der Waals surface area contributed by atoms with Crippen LogP contribution in [0.25, 0.3) is 0 Å². The predicted octanol–water partition coefficient (Wildman–Crippen LogP) is 5.50. The van der Waals surface area contributed by atoms with Gasteiger partial charge in [0.15, 0.2) is 29.0 Å². The molecule has 0 saturated carbocycles. The number of aromatic nitrogens is 10. The third-order valence-electron chi connectivity index (χ3n) is 14.7. The number of unbranched alkanes of at least 4 members (excludes halogenated alkanes) is 1. The lowest BCUT2D eigenvalue weighted by Gasteiger charge is -2.08. The molecule has 25 heteroatoms. The van der Waals surface area contributed by atoms with Gasteiger partial charge in [-0.05, 0) is 98.6 Å². The first-order valence-electron chi connectivity index (χ1n) is 28.0. The summed E-state index contributed by atoms with van der Waals surface area (Å²) in [7, 11) is 19.3. The number of nitrogens with one attached hydrogen (secondary N) is 5. The van der Waals surface area contributed by atoms with Gasteiger partial charge in [0.1, 0.15) is 23.0 Å². The van der Waals surface area contributed by atoms with E-state index in [9.17, 15) is 43.2 Å². The lowest BCUT2D eigenvalue weighted by atomic mass is 10.1. The third kappa shape index (κ3) is 15.1. The van der Waals surface area contributed by atoms with Crippen molar-refractivity contribution in [3.63, 3.8) is 0 Å². The van der Waals surface area contributed by atoms with Crippen molar-refractivity contribution in [2.45, 2.75) is 57.8 Å². The summed E-state index contributed by atoms with van der Waals surface area (Å²) in [6, 6.07) is 9.93. The van der Waals surface area contributed by atoms with Gasteiger partial charge in [-0.3, -0.25) is 43.2 Å². The standard InChI is InChI=1S/C61H74N16O9/c1-62-54-35-76(10)57(66-54)61(86)68-55-36-77(11)56(67-55)60(85)65-42-28-49(75(9)34-42)59(84)64-41-27-48(74(8)33-41)58(83)63-17-14-15-43(78)19-37-20-45(71(5)29-37)51(80)25-39-22-47(73(7)31-39)53(82)26-40-23-46(72(6)32-40)52(81)24-38-21-44(70(4)30-38)50(79)16-12-13-18-69(2)3/h20-23,27-36,62H,12-19,24-26H2,1-11H3,(H,63,83)(H,64,84)(H,65,85)(H,68,86). The number of hydrogen-bond donors (Lipinski definition) is 5. The summed E-state index contributed by atoms with van der Waals surface area (Å²) in [5.41, 5.74) is 5.72. The van der Waals surface area contributed by atoms with Gasteiger partial charge < -0.3 is 68.0 Å². The molecule has 0 aliphatic carbocycles. The maximum atomic E-state index is 13.6. The summed E-state index contributed by atoms with van der Waals surface area (Å²) in [6.45, 7) is 1.12. The quantitative estimate of drug-likeness (QED) is 0.0287. The van der Waals surface area contributed by atoms with Crippen LogP contribution in [0, 0.1) is 0 Å². The highest BCUT2D eigenvalue weighted by atomic mass is 16.2. The molecule has 4 amide bonds. The van der Waals surface area contributed by atoms with E-state index in [2.05, 4.69) is 41.5 Å². The Labute approximate surface area is 497 Å². The van der Waals surface area contributed by atoms with Crippen molar-refractivity contribution < 1.29 is 43.2 Å². The van der Waals surface area contributed by atoms with Gasteiger partial charge in [0, 0.05) is 158 Å². The van der Waals surface area contributed by atoms with Crippen LogP contribution in [0.15, 0.2) is 86.0 Å². The van der Waals surface area contributed by atoms with Crippen LogP contribution in [0.4, 0.5) is 23.0 Å². The van der Waals surface area contributed by atoms with Crippen molar-refractivity contribution in [2.24, 2.45) is 56.4 Å². The molecule has 86 heavy (non-hydrogen) atoms. The molecular weight excluding hydrogens is 1100 g/mol. The molecule has 0 aliphatic heterocycles. The monoisotopic (exact) mass is 1170 g/mol. The van der Waals surface area contributed by atoms with Crippen LogP contribution >= 0.6 is 0 Å². The summed E-state index contributed by atoms with van der Waals surface area (Å²) in [5, 5.41) is 13.9. The first kappa shape index (κ1) is 62.1. The number of carbonyl (C=O) groups is 9. The summed E-state index contributed by atoms with van der Waals surface area (Å²) in [6.07, 6.45) is 16.3. The molecule has 452 valence electrons. The minimum Gasteiger partial charge on any atom is -0.372 e. The zero-order valence-corrected chi connectivity index (χ0v) is 50.5. The highest BCUT2D eigenvalue weighted by Gasteiger charge is 2.24. The maximum absolute atomic E-state index is 13.6. The number of anilines is 4. The number of ketones is 5. The Morgan fingerprint density at radius 3 is 1.28 bits per heavy atom. The van der Waals surface area contributed by atoms with E-state index in [1.165, 1.54) is 27.5 Å². The van der Waals surface area contributed by atoms with E-state index < -0.39 is 23.6 Å². The first-order valence-corrected chi connectivity index (χ1v) is 28.0. The SMILES string of the molecule is CNc1cn(C)c(C(=O)Nc2cn(C)c(C(=O)Nc3cc(C(=O)Nc4cc(C(=O)NCCCC(=O)Cc5cc(C(=O)Cc6cc(C(=O)Cc7cc(C(=O)Cc8cc(C(=O)CCCCN(C)C)n(C)c8)n(C)c7)n(C)c6)n(C)c5)n(C)c4)n(C)c3)n2)n1. The van der Waals surface area contributed by atoms with Gasteiger partial charge in [0.25, 0.3) is 23.6 Å². The van der Waals surface area contributed by atoms with Crippen LogP contribution in [-0.4, -0.2) is 138 Å². The molecule has 0 radical (unpaired) electrons. The Hall–Kier alpha value is -9.91. The van der Waals surface area contributed by atoms with E-state index in [1.807, 2.05) is 27.3 Å². The zero-order valence-electron chi connectivity index (χ0n) is 50.5. The minimum atomic E-state index is -0.587. The van der Waals surface area contributed by atoms with Crippen LogP contribution in [-0.2, 0) is 86.9 Å². The van der Waals surface area contributed by atoms with E-state index in [1.54, 1.807) is 145 Å². The normalized spacial score (nSPS) is 11.3. The average Bonchev–Trinajstić information content (AvgIpc) is 4.55. The second-order valence-corrected chi connectivity index (χ2v) is 22.1. The minimum absolute atomic E-state index is 0.00106. The van der Waals surface area contributed by atoms with E-state index in [4.69, 9.17) is 0 Å². The predicted molar refractivity (Wildman–Crippen MR) is 323 cm³/mol. The second-order valence-electron chi connectivity index (χ2n) is 22.1. The second kappa shape index (κ2) is 26.8. The van der Waals surface area contributed by atoms with Gasteiger partial charge in [-0.15, -0.1) is 0 Å². The molecule has 0 fully saturated rings. The third-order valence-corrected chi connectivity index (χ3v) is 14.7. The fourth-order valence-corrected chi connectivity index (χ4v) is 10.4. The van der Waals surface area contributed by atoms with E-state index in [0.29, 0.717) is 69.5 Å². The summed E-state index contributed by atoms with van der Waals surface area (Å²) in [5.74, 6) is -1.75. The zero-order chi connectivity index (χ0) is 62.3. The van der Waals surface area contributed by atoms with Crippen LogP contribution in [0.1, 0.15) is 139 Å². The molecule has 0 aliphatic rings. The summed E-state index contributed by atoms with van der Waals surface area (Å²) in [4.78, 5) is 130. The molecule has 25 nitrogen and oxygen atoms in total. The van der Waals surface area contributed by atoms with Crippen molar-refractivity contribution >= 4 is 75.6 Å². The number of Topliss-reactive ketones (excluding diaryl/α,β-unsaturated/α-hetero) is 5. The molecule has 5 N–H and O–H groups in total. The number of hydrogen-bond acceptors (Lipinski definition) is 13. The average molecular weight is 1180 g/mol. The molecule has 0 bridgehead atoms. The van der Waals surface area contributed by atoms with Gasteiger partial charge in [0.2, 0.25) is 11.6 Å². The fourth-order valence-electron chi connectivity index (χ4n) is 10.4. The van der Waals surface area contributed by atoms with E-state index >= 15 is 0 Å². The van der Waals surface area contributed by atoms with Gasteiger partial charge >= 0.3 is 0 Å². The highest BCUT2D eigenvalue weighted by molar-refractivity contribution is 6.08. The Kier molecular flexibility index (Phi) is 19.3. The molecule has 8 rings (SSSR count). The number of rotatable bonds is 29. The Balaban J connectivity index is 0.758. The highest BCUT2D eigenvalue weighted by Crippen LogP contribution is 2.22. The molecule has 0 atom stereocenters. The molecule has 0 spiro atoms. The maximum Gasteiger partial charge on any atom is 0.292 e. The van der Waals surface area contributed by atoms with Crippen LogP contribution in [0.5, 0.6) is 0 Å². The molecule has 0 aromatic carbocycles. The smallest absolute Gasteiger partial charge is 0.292 e. The molecule has 8 heterocycles. The van der Waals surface area contributed by atoms with Gasteiger partial charge in [-0.1, -0.05) is 0 Å². The van der Waals surface area contributed by atoms with E-state index in [-0.39, 0.29) is 96.4 Å². The van der Waals surface area contributed by atoms with Crippen molar-refractivity contribution in [3.05, 3.63) is 154 Å². The fraction of sp³-hybridized carbons (Fsp3) is 0.361. The molecule has 0 saturated heterocycles. The van der Waals surface area contributed by atoms with Crippen molar-refractivity contribution in [1.82, 2.24) is 56.7 Å².